The van der Waals surface area contributed by atoms with Crippen LogP contribution in [0.1, 0.15) is 10.4 Å². The number of esters is 1. The Morgan fingerprint density at radius 3 is 2.73 bits per heavy atom. The molecule has 0 bridgehead atoms. The van der Waals surface area contributed by atoms with E-state index in [1.54, 1.807) is 18.2 Å². The van der Waals surface area contributed by atoms with Crippen molar-refractivity contribution in [3.8, 4) is 12.3 Å². The minimum absolute atomic E-state index is 0.0306. The van der Waals surface area contributed by atoms with Crippen LogP contribution in [0.15, 0.2) is 24.3 Å². The molecular formula is C15H12N2O5. The zero-order chi connectivity index (χ0) is 16.1. The number of hydrogen-bond acceptors (Lipinski definition) is 5. The van der Waals surface area contributed by atoms with E-state index in [9.17, 15) is 19.2 Å². The van der Waals surface area contributed by atoms with Crippen LogP contribution in [0.25, 0.3) is 0 Å². The third-order valence-corrected chi connectivity index (χ3v) is 2.92. The van der Waals surface area contributed by atoms with Gasteiger partial charge in [0.05, 0.1) is 17.8 Å². The van der Waals surface area contributed by atoms with Gasteiger partial charge in [0.2, 0.25) is 0 Å². The highest BCUT2D eigenvalue weighted by Gasteiger charge is 2.36. The lowest BCUT2D eigenvalue weighted by Crippen LogP contribution is -2.37. The molecule has 1 N–H and O–H groups in total. The highest BCUT2D eigenvalue weighted by molar-refractivity contribution is 6.52. The summed E-state index contributed by atoms with van der Waals surface area (Å²) < 4.78 is 4.74. The van der Waals surface area contributed by atoms with Crippen molar-refractivity contribution in [3.05, 3.63) is 29.8 Å². The predicted molar refractivity (Wildman–Crippen MR) is 75.9 cm³/mol. The number of fused-ring (bicyclic) bond motifs is 1. The molecule has 0 saturated carbocycles. The van der Waals surface area contributed by atoms with Crippen LogP contribution >= 0.6 is 0 Å². The fourth-order valence-corrected chi connectivity index (χ4v) is 1.93. The van der Waals surface area contributed by atoms with Gasteiger partial charge in [-0.25, -0.2) is 0 Å². The number of Topliss-reactive ketones (excluding diaryl/α,β-unsaturated/α-hetero) is 1. The van der Waals surface area contributed by atoms with E-state index in [-0.39, 0.29) is 12.1 Å². The molecule has 1 aliphatic heterocycles. The maximum atomic E-state index is 11.8. The van der Waals surface area contributed by atoms with E-state index in [1.165, 1.54) is 6.07 Å². The normalized spacial score (nSPS) is 12.6. The number of rotatable bonds is 5. The third-order valence-electron chi connectivity index (χ3n) is 2.92. The molecule has 112 valence electrons. The van der Waals surface area contributed by atoms with Crippen molar-refractivity contribution in [1.29, 1.82) is 0 Å². The number of benzene rings is 1. The second-order valence-corrected chi connectivity index (χ2v) is 4.38. The lowest BCUT2D eigenvalue weighted by Gasteiger charge is -2.15. The lowest BCUT2D eigenvalue weighted by molar-refractivity contribution is -0.147. The number of ether oxygens (including phenoxy) is 1. The molecule has 1 aliphatic rings. The van der Waals surface area contributed by atoms with Crippen molar-refractivity contribution in [3.63, 3.8) is 0 Å². The Balaban J connectivity index is 1.95. The number of nitrogens with one attached hydrogen (secondary N) is 1. The van der Waals surface area contributed by atoms with Crippen LogP contribution in [-0.2, 0) is 19.1 Å². The predicted octanol–water partition coefficient (Wildman–Crippen LogP) is -0.492. The molecule has 0 radical (unpaired) electrons. The largest absolute Gasteiger partial charge is 0.454 e. The second-order valence-electron chi connectivity index (χ2n) is 4.38. The molecular weight excluding hydrogens is 288 g/mol. The van der Waals surface area contributed by atoms with Gasteiger partial charge in [-0.3, -0.25) is 24.1 Å². The average molecular weight is 300 g/mol. The Kier molecular flexibility index (Phi) is 4.53. The average Bonchev–Trinajstić information content (AvgIpc) is 2.76. The highest BCUT2D eigenvalue weighted by atomic mass is 16.5. The number of amides is 2. The van der Waals surface area contributed by atoms with E-state index in [0.29, 0.717) is 5.69 Å². The van der Waals surface area contributed by atoms with E-state index in [4.69, 9.17) is 11.2 Å². The van der Waals surface area contributed by atoms with Crippen LogP contribution in [0.3, 0.4) is 0 Å². The SMILES string of the molecule is C#CCNC(=O)COC(=O)CN1C(=O)C(=O)c2ccccc21. The van der Waals surface area contributed by atoms with Gasteiger partial charge >= 0.3 is 5.97 Å². The van der Waals surface area contributed by atoms with E-state index in [0.717, 1.165) is 4.90 Å². The molecule has 0 atom stereocenters. The van der Waals surface area contributed by atoms with Crippen molar-refractivity contribution < 1.29 is 23.9 Å². The number of carbonyl (C=O) groups excluding carboxylic acids is 4. The number of para-hydroxylation sites is 1. The Morgan fingerprint density at radius 2 is 2.00 bits per heavy atom. The summed E-state index contributed by atoms with van der Waals surface area (Å²) in [5.41, 5.74) is 0.596. The summed E-state index contributed by atoms with van der Waals surface area (Å²) >= 11 is 0. The number of hydrogen-bond donors (Lipinski definition) is 1. The molecule has 0 aromatic heterocycles. The van der Waals surface area contributed by atoms with Gasteiger partial charge in [-0.1, -0.05) is 18.1 Å². The van der Waals surface area contributed by atoms with E-state index >= 15 is 0 Å². The summed E-state index contributed by atoms with van der Waals surface area (Å²) in [6.45, 7) is -0.912. The Labute approximate surface area is 126 Å². The second kappa shape index (κ2) is 6.54. The Hall–Kier alpha value is -3.14. The van der Waals surface area contributed by atoms with Gasteiger partial charge in [-0.05, 0) is 12.1 Å². The van der Waals surface area contributed by atoms with Crippen molar-refractivity contribution in [2.24, 2.45) is 0 Å². The van der Waals surface area contributed by atoms with E-state index in [1.807, 2.05) is 0 Å². The topological polar surface area (TPSA) is 92.8 Å². The van der Waals surface area contributed by atoms with E-state index in [2.05, 4.69) is 11.2 Å². The van der Waals surface area contributed by atoms with Gasteiger partial charge in [-0.2, -0.15) is 0 Å². The highest BCUT2D eigenvalue weighted by Crippen LogP contribution is 2.28. The van der Waals surface area contributed by atoms with Crippen LogP contribution in [0, 0.1) is 12.3 Å². The zero-order valence-electron chi connectivity index (χ0n) is 11.5. The fraction of sp³-hybridized carbons (Fsp3) is 0.200. The molecule has 1 aromatic rings. The smallest absolute Gasteiger partial charge is 0.326 e. The first-order chi connectivity index (χ1) is 10.5. The maximum absolute atomic E-state index is 11.8. The van der Waals surface area contributed by atoms with E-state index < -0.39 is 36.7 Å². The molecule has 0 fully saturated rings. The van der Waals surface area contributed by atoms with Crippen molar-refractivity contribution in [1.82, 2.24) is 5.32 Å². The summed E-state index contributed by atoms with van der Waals surface area (Å²) in [6.07, 6.45) is 4.97. The van der Waals surface area contributed by atoms with Crippen molar-refractivity contribution in [2.75, 3.05) is 24.6 Å². The molecule has 2 amide bonds. The number of ketones is 1. The fourth-order valence-electron chi connectivity index (χ4n) is 1.93. The molecule has 1 heterocycles. The molecule has 0 aliphatic carbocycles. The molecule has 7 heteroatoms. The molecule has 0 spiro atoms. The number of nitrogens with zero attached hydrogens (tertiary/aromatic N) is 1. The molecule has 2 rings (SSSR count). The summed E-state index contributed by atoms with van der Waals surface area (Å²) in [6, 6.07) is 6.34. The summed E-state index contributed by atoms with van der Waals surface area (Å²) in [7, 11) is 0. The van der Waals surface area contributed by atoms with Gasteiger partial charge in [0.15, 0.2) is 6.61 Å². The number of carbonyl (C=O) groups is 4. The molecule has 22 heavy (non-hydrogen) atoms. The number of terminal acetylenes is 1. The van der Waals surface area contributed by atoms with Gasteiger partial charge in [0.1, 0.15) is 6.54 Å². The van der Waals surface area contributed by atoms with Crippen LogP contribution in [0.5, 0.6) is 0 Å². The lowest BCUT2D eigenvalue weighted by atomic mass is 10.1. The van der Waals surface area contributed by atoms with Gasteiger partial charge < -0.3 is 10.1 Å². The van der Waals surface area contributed by atoms with Crippen LogP contribution in [0.2, 0.25) is 0 Å². The number of anilines is 1. The first-order valence-corrected chi connectivity index (χ1v) is 6.35. The van der Waals surface area contributed by atoms with Crippen LogP contribution in [-0.4, -0.2) is 43.3 Å². The molecule has 0 unspecified atom stereocenters. The molecule has 7 nitrogen and oxygen atoms in total. The minimum atomic E-state index is -0.797. The Morgan fingerprint density at radius 1 is 1.27 bits per heavy atom. The summed E-state index contributed by atoms with van der Waals surface area (Å²) in [4.78, 5) is 47.5. The minimum Gasteiger partial charge on any atom is -0.454 e. The van der Waals surface area contributed by atoms with Crippen LogP contribution < -0.4 is 10.2 Å². The summed E-state index contributed by atoms with van der Waals surface area (Å²) in [5.74, 6) is -0.607. The van der Waals surface area contributed by atoms with Gasteiger partial charge in [0, 0.05) is 0 Å². The first kappa shape index (κ1) is 15.3. The third kappa shape index (κ3) is 3.12. The van der Waals surface area contributed by atoms with Gasteiger partial charge in [0.25, 0.3) is 17.6 Å². The van der Waals surface area contributed by atoms with Crippen molar-refractivity contribution >= 4 is 29.3 Å². The monoisotopic (exact) mass is 300 g/mol. The van der Waals surface area contributed by atoms with Crippen molar-refractivity contribution in [2.45, 2.75) is 0 Å². The molecule has 0 saturated heterocycles. The standard InChI is InChI=1S/C15H12N2O5/c1-2-7-16-12(18)9-22-13(19)8-17-11-6-4-3-5-10(11)14(20)15(17)21/h1,3-6H,7-9H2,(H,16,18). The molecule has 1 aromatic carbocycles. The van der Waals surface area contributed by atoms with Crippen LogP contribution in [0.4, 0.5) is 5.69 Å². The quantitative estimate of drug-likeness (QED) is 0.450. The zero-order valence-corrected chi connectivity index (χ0v) is 11.5. The Bertz CT molecular complexity index is 689. The summed E-state index contributed by atoms with van der Waals surface area (Å²) in [5, 5.41) is 2.33. The maximum Gasteiger partial charge on any atom is 0.326 e. The van der Waals surface area contributed by atoms with Gasteiger partial charge in [-0.15, -0.1) is 6.42 Å². The first-order valence-electron chi connectivity index (χ1n) is 6.35.